The number of Topliss-reactive ketones (excluding diaryl/α,β-unsaturated/α-hetero) is 2. The molecule has 1 N–H and O–H groups in total. The van der Waals surface area contributed by atoms with Crippen LogP contribution in [-0.4, -0.2) is 75.3 Å². The quantitative estimate of drug-likeness (QED) is 0.207. The van der Waals surface area contributed by atoms with E-state index in [1.165, 1.54) is 5.56 Å². The van der Waals surface area contributed by atoms with E-state index in [2.05, 4.69) is 46.4 Å². The lowest BCUT2D eigenvalue weighted by molar-refractivity contribution is -0.130. The number of piperazine rings is 1. The minimum absolute atomic E-state index is 0.0539. The van der Waals surface area contributed by atoms with Crippen LogP contribution in [0.2, 0.25) is 0 Å². The van der Waals surface area contributed by atoms with Crippen molar-refractivity contribution < 1.29 is 19.2 Å². The minimum atomic E-state index is -0.611. The summed E-state index contributed by atoms with van der Waals surface area (Å²) in [5, 5.41) is 0.580. The van der Waals surface area contributed by atoms with Crippen LogP contribution in [0.1, 0.15) is 56.4 Å². The van der Waals surface area contributed by atoms with Crippen LogP contribution in [0.25, 0.3) is 10.9 Å². The molecule has 0 radical (unpaired) electrons. The Hall–Kier alpha value is -4.98. The Bertz CT molecular complexity index is 1810. The maximum atomic E-state index is 13.6. The third-order valence-electron chi connectivity index (χ3n) is 9.97. The predicted molar refractivity (Wildman–Crippen MR) is 176 cm³/mol. The van der Waals surface area contributed by atoms with Gasteiger partial charge in [0.2, 0.25) is 0 Å². The van der Waals surface area contributed by atoms with Crippen molar-refractivity contribution in [1.29, 1.82) is 0 Å². The number of amides is 2. The average molecular weight is 615 g/mol. The smallest absolute Gasteiger partial charge is 0.295 e. The summed E-state index contributed by atoms with van der Waals surface area (Å²) in [7, 11) is 0. The molecule has 234 valence electrons. The predicted octanol–water partition coefficient (Wildman–Crippen LogP) is 5.58. The number of nitrogens with one attached hydrogen (secondary N) is 1. The summed E-state index contributed by atoms with van der Waals surface area (Å²) in [5.41, 5.74) is 3.32. The van der Waals surface area contributed by atoms with Crippen LogP contribution in [0.4, 0.5) is 0 Å². The van der Waals surface area contributed by atoms with E-state index in [-0.39, 0.29) is 29.8 Å². The highest BCUT2D eigenvalue weighted by Crippen LogP contribution is 2.53. The maximum absolute atomic E-state index is 13.6. The first-order chi connectivity index (χ1) is 22.4. The normalized spacial score (nSPS) is 22.3. The second kappa shape index (κ2) is 12.4. The highest BCUT2D eigenvalue weighted by molar-refractivity contribution is 6.45. The number of aromatic amines is 1. The average Bonchev–Trinajstić information content (AvgIpc) is 3.62. The van der Waals surface area contributed by atoms with Gasteiger partial charge in [0.15, 0.2) is 5.78 Å². The van der Waals surface area contributed by atoms with Crippen molar-refractivity contribution in [1.82, 2.24) is 19.7 Å². The van der Waals surface area contributed by atoms with Crippen LogP contribution in [0.3, 0.4) is 0 Å². The Labute approximate surface area is 268 Å². The number of hydrogen-bond acceptors (Lipinski definition) is 5. The van der Waals surface area contributed by atoms with Crippen LogP contribution in [-0.2, 0) is 11.3 Å². The molecule has 8 nitrogen and oxygen atoms in total. The number of carbonyl (C=O) groups excluding carboxylic acids is 4. The fraction of sp³-hybridized carbons (Fsp3) is 0.316. The van der Waals surface area contributed by atoms with Gasteiger partial charge in [0.1, 0.15) is 0 Å². The Morgan fingerprint density at radius 2 is 1.61 bits per heavy atom. The Kier molecular flexibility index (Phi) is 8.03. The third-order valence-corrected chi connectivity index (χ3v) is 9.97. The molecule has 4 atom stereocenters. The molecular formula is C38H38N4O4. The van der Waals surface area contributed by atoms with Crippen LogP contribution in [0.15, 0.2) is 97.3 Å². The molecule has 3 unspecified atom stereocenters. The molecule has 2 aliphatic heterocycles. The molecule has 3 aromatic carbocycles. The molecule has 0 bridgehead atoms. The molecule has 3 aliphatic rings. The number of aromatic nitrogens is 1. The van der Waals surface area contributed by atoms with E-state index < -0.39 is 11.7 Å². The monoisotopic (exact) mass is 614 g/mol. The van der Waals surface area contributed by atoms with E-state index in [0.717, 1.165) is 19.5 Å². The Morgan fingerprint density at radius 1 is 0.848 bits per heavy atom. The van der Waals surface area contributed by atoms with Crippen molar-refractivity contribution in [2.45, 2.75) is 32.4 Å². The zero-order valence-electron chi connectivity index (χ0n) is 26.0. The molecule has 7 rings (SSSR count). The van der Waals surface area contributed by atoms with Crippen molar-refractivity contribution in [3.63, 3.8) is 0 Å². The van der Waals surface area contributed by atoms with E-state index in [1.54, 1.807) is 46.3 Å². The summed E-state index contributed by atoms with van der Waals surface area (Å²) in [6.45, 7) is 4.70. The topological polar surface area (TPSA) is 93.8 Å². The van der Waals surface area contributed by atoms with E-state index >= 15 is 0 Å². The van der Waals surface area contributed by atoms with Crippen LogP contribution in [0.5, 0.6) is 0 Å². The fourth-order valence-corrected chi connectivity index (χ4v) is 7.37. The summed E-state index contributed by atoms with van der Waals surface area (Å²) < 4.78 is 0. The fourth-order valence-electron chi connectivity index (χ4n) is 7.37. The zero-order chi connectivity index (χ0) is 31.8. The molecule has 46 heavy (non-hydrogen) atoms. The van der Waals surface area contributed by atoms with Gasteiger partial charge < -0.3 is 19.7 Å². The first-order valence-corrected chi connectivity index (χ1v) is 16.2. The number of para-hydroxylation sites is 1. The summed E-state index contributed by atoms with van der Waals surface area (Å²) in [5.74, 6) is 0.00423. The third kappa shape index (κ3) is 5.75. The second-order valence-corrected chi connectivity index (χ2v) is 12.8. The second-order valence-electron chi connectivity index (χ2n) is 12.8. The number of benzene rings is 3. The zero-order valence-corrected chi connectivity index (χ0v) is 26.0. The van der Waals surface area contributed by atoms with E-state index in [4.69, 9.17) is 0 Å². The number of H-pyrrole nitrogens is 1. The Balaban J connectivity index is 0.991. The number of rotatable bonds is 8. The van der Waals surface area contributed by atoms with Gasteiger partial charge in [0.05, 0.1) is 11.1 Å². The van der Waals surface area contributed by atoms with Gasteiger partial charge in [-0.2, -0.15) is 0 Å². The molecule has 3 heterocycles. The van der Waals surface area contributed by atoms with E-state index in [1.807, 2.05) is 31.2 Å². The van der Waals surface area contributed by atoms with Crippen molar-refractivity contribution in [3.8, 4) is 0 Å². The first kappa shape index (κ1) is 29.7. The van der Waals surface area contributed by atoms with E-state index in [0.29, 0.717) is 59.3 Å². The lowest BCUT2D eigenvalue weighted by atomic mass is 9.99. The summed E-state index contributed by atoms with van der Waals surface area (Å²) >= 11 is 0. The number of fused-ring (bicyclic) bond motifs is 2. The lowest BCUT2D eigenvalue weighted by Crippen LogP contribution is -2.56. The summed E-state index contributed by atoms with van der Waals surface area (Å²) in [4.78, 5) is 62.3. The molecule has 1 aliphatic carbocycles. The molecule has 4 aromatic rings. The van der Waals surface area contributed by atoms with Crippen molar-refractivity contribution in [3.05, 3.63) is 120 Å². The molecule has 8 heteroatoms. The van der Waals surface area contributed by atoms with Gasteiger partial charge in [0, 0.05) is 67.9 Å². The van der Waals surface area contributed by atoms with Gasteiger partial charge in [-0.15, -0.1) is 0 Å². The highest BCUT2D eigenvalue weighted by atomic mass is 16.2. The first-order valence-electron chi connectivity index (χ1n) is 16.2. The molecule has 1 aromatic heterocycles. The standard InChI is InChI=1S/C38H38N4O4/c1-25-23-41(37(45)27-11-6-3-7-12-27)19-20-42(25)38(46)36(44)33-22-39-35-30(33)13-8-14-31(35)34(43)21-32-28-15-17-40(18-16-29(28)32)24-26-9-4-2-5-10-26/h2-15,17,22,25,28-29,32,39H,16,18-21,23-24H2,1H3/t25-,28?,29?,32?/m1/s1. The number of ketones is 2. The number of allylic oxidation sites excluding steroid dienone is 1. The van der Waals surface area contributed by atoms with Gasteiger partial charge in [-0.3, -0.25) is 19.2 Å². The number of nitrogens with zero attached hydrogens (tertiary/aromatic N) is 3. The van der Waals surface area contributed by atoms with Crippen molar-refractivity contribution in [2.75, 3.05) is 26.2 Å². The molecule has 1 saturated carbocycles. The van der Waals surface area contributed by atoms with Gasteiger partial charge in [-0.25, -0.2) is 0 Å². The maximum Gasteiger partial charge on any atom is 0.295 e. The number of hydrogen-bond donors (Lipinski definition) is 1. The summed E-state index contributed by atoms with van der Waals surface area (Å²) in [6, 6.07) is 24.6. The summed E-state index contributed by atoms with van der Waals surface area (Å²) in [6.07, 6.45) is 7.54. The molecule has 2 fully saturated rings. The van der Waals surface area contributed by atoms with E-state index in [9.17, 15) is 19.2 Å². The lowest BCUT2D eigenvalue weighted by Gasteiger charge is -2.39. The largest absolute Gasteiger partial charge is 0.373 e. The Morgan fingerprint density at radius 3 is 2.37 bits per heavy atom. The van der Waals surface area contributed by atoms with Crippen molar-refractivity contribution >= 4 is 34.3 Å². The molecule has 2 amide bonds. The van der Waals surface area contributed by atoms with Gasteiger partial charge in [0.25, 0.3) is 17.6 Å². The SMILES string of the molecule is C[C@@H]1CN(C(=O)c2ccccc2)CCN1C(=O)C(=O)c1c[nH]c2c(C(=O)CC3C4C=CN(Cc5ccccc5)CCC43)cccc12. The van der Waals surface area contributed by atoms with Crippen LogP contribution in [0, 0.1) is 17.8 Å². The van der Waals surface area contributed by atoms with Crippen molar-refractivity contribution in [2.24, 2.45) is 17.8 Å². The van der Waals surface area contributed by atoms with Gasteiger partial charge >= 0.3 is 0 Å². The van der Waals surface area contributed by atoms with Gasteiger partial charge in [-0.1, -0.05) is 66.7 Å². The minimum Gasteiger partial charge on any atom is -0.373 e. The van der Waals surface area contributed by atoms with Gasteiger partial charge in [-0.05, 0) is 61.1 Å². The molecule has 0 spiro atoms. The molecular weight excluding hydrogens is 576 g/mol. The molecule has 1 saturated heterocycles. The van der Waals surface area contributed by atoms with Crippen LogP contribution < -0.4 is 0 Å². The number of carbonyl (C=O) groups is 4. The highest BCUT2D eigenvalue weighted by Gasteiger charge is 2.49. The van der Waals surface area contributed by atoms with Crippen LogP contribution >= 0.6 is 0 Å².